The molecule has 124 valence electrons. The predicted octanol–water partition coefficient (Wildman–Crippen LogP) is 3.85. The molecule has 5 rings (SSSR count). The molecule has 2 aromatic carbocycles. The monoisotopic (exact) mass is 330 g/mol. The van der Waals surface area contributed by atoms with Crippen LogP contribution < -0.4 is 5.32 Å². The fourth-order valence-electron chi connectivity index (χ4n) is 3.92. The molecule has 4 aromatic rings. The maximum absolute atomic E-state index is 12.8. The van der Waals surface area contributed by atoms with Crippen LogP contribution in [0, 0.1) is 0 Å². The van der Waals surface area contributed by atoms with Gasteiger partial charge in [-0.05, 0) is 37.0 Å². The van der Waals surface area contributed by atoms with Crippen LogP contribution in [-0.4, -0.2) is 21.1 Å². The van der Waals surface area contributed by atoms with Gasteiger partial charge in [0.2, 0.25) is 0 Å². The van der Waals surface area contributed by atoms with Gasteiger partial charge in [0.25, 0.3) is 5.91 Å². The highest BCUT2D eigenvalue weighted by atomic mass is 16.2. The summed E-state index contributed by atoms with van der Waals surface area (Å²) < 4.78 is 0. The molecule has 1 aliphatic rings. The van der Waals surface area contributed by atoms with Crippen molar-refractivity contribution in [1.29, 1.82) is 0 Å². The van der Waals surface area contributed by atoms with Crippen LogP contribution in [0.5, 0.6) is 0 Å². The highest BCUT2D eigenvalue weighted by Crippen LogP contribution is 2.34. The van der Waals surface area contributed by atoms with Crippen LogP contribution in [0.2, 0.25) is 0 Å². The molecule has 3 N–H and O–H groups in total. The SMILES string of the molecule is O=C(N[C@@H]1CCCc2c1[nH]c1ccccc21)c1n[nH]c2ccccc12. The van der Waals surface area contributed by atoms with E-state index in [-0.39, 0.29) is 11.9 Å². The zero-order chi connectivity index (χ0) is 16.8. The largest absolute Gasteiger partial charge is 0.356 e. The van der Waals surface area contributed by atoms with Gasteiger partial charge in [0, 0.05) is 22.0 Å². The third kappa shape index (κ3) is 2.23. The van der Waals surface area contributed by atoms with E-state index in [2.05, 4.69) is 38.7 Å². The van der Waals surface area contributed by atoms with Crippen molar-refractivity contribution in [3.63, 3.8) is 0 Å². The molecular formula is C20H18N4O. The number of nitrogens with one attached hydrogen (secondary N) is 3. The van der Waals surface area contributed by atoms with Gasteiger partial charge >= 0.3 is 0 Å². The highest BCUT2D eigenvalue weighted by molar-refractivity contribution is 6.04. The van der Waals surface area contributed by atoms with Crippen molar-refractivity contribution in [2.24, 2.45) is 0 Å². The number of para-hydroxylation sites is 2. The molecule has 1 atom stereocenters. The van der Waals surface area contributed by atoms with Crippen molar-refractivity contribution in [1.82, 2.24) is 20.5 Å². The van der Waals surface area contributed by atoms with Crippen molar-refractivity contribution in [3.05, 3.63) is 65.5 Å². The van der Waals surface area contributed by atoms with Crippen molar-refractivity contribution < 1.29 is 4.79 Å². The Morgan fingerprint density at radius 1 is 1.04 bits per heavy atom. The molecular weight excluding hydrogens is 312 g/mol. The van der Waals surface area contributed by atoms with Crippen LogP contribution in [0.25, 0.3) is 21.8 Å². The normalized spacial score (nSPS) is 16.9. The summed E-state index contributed by atoms with van der Waals surface area (Å²) in [5.74, 6) is -0.131. The van der Waals surface area contributed by atoms with Crippen LogP contribution in [0.4, 0.5) is 0 Å². The quantitative estimate of drug-likeness (QED) is 0.522. The van der Waals surface area contributed by atoms with Crippen LogP contribution in [0.1, 0.15) is 40.6 Å². The smallest absolute Gasteiger partial charge is 0.272 e. The van der Waals surface area contributed by atoms with E-state index >= 15 is 0 Å². The molecule has 0 unspecified atom stereocenters. The Bertz CT molecular complexity index is 1090. The fourth-order valence-corrected chi connectivity index (χ4v) is 3.92. The minimum atomic E-state index is -0.131. The summed E-state index contributed by atoms with van der Waals surface area (Å²) in [6, 6.07) is 16.0. The highest BCUT2D eigenvalue weighted by Gasteiger charge is 2.26. The van der Waals surface area contributed by atoms with Gasteiger partial charge in [-0.3, -0.25) is 9.89 Å². The van der Waals surface area contributed by atoms with Crippen LogP contribution in [0.3, 0.4) is 0 Å². The first kappa shape index (κ1) is 14.3. The van der Waals surface area contributed by atoms with Gasteiger partial charge in [0.1, 0.15) is 0 Å². The molecule has 1 amide bonds. The van der Waals surface area contributed by atoms with Crippen molar-refractivity contribution in [2.75, 3.05) is 0 Å². The van der Waals surface area contributed by atoms with Gasteiger partial charge in [0.05, 0.1) is 11.6 Å². The molecule has 0 aliphatic heterocycles. The molecule has 0 spiro atoms. The maximum atomic E-state index is 12.8. The first-order valence-corrected chi connectivity index (χ1v) is 8.65. The van der Waals surface area contributed by atoms with E-state index in [1.165, 1.54) is 10.9 Å². The first-order valence-electron chi connectivity index (χ1n) is 8.65. The number of carbonyl (C=O) groups excluding carboxylic acids is 1. The number of hydrogen-bond acceptors (Lipinski definition) is 2. The lowest BCUT2D eigenvalue weighted by Gasteiger charge is -2.23. The molecule has 2 aromatic heterocycles. The number of benzene rings is 2. The van der Waals surface area contributed by atoms with E-state index < -0.39 is 0 Å². The van der Waals surface area contributed by atoms with E-state index in [1.54, 1.807) is 0 Å². The number of fused-ring (bicyclic) bond motifs is 4. The molecule has 0 radical (unpaired) electrons. The van der Waals surface area contributed by atoms with Gasteiger partial charge in [-0.1, -0.05) is 36.4 Å². The molecule has 1 aliphatic carbocycles. The molecule has 5 heteroatoms. The minimum absolute atomic E-state index is 0.000822. The Hall–Kier alpha value is -3.08. The topological polar surface area (TPSA) is 73.6 Å². The van der Waals surface area contributed by atoms with Gasteiger partial charge < -0.3 is 10.3 Å². The number of H-pyrrole nitrogens is 2. The first-order chi connectivity index (χ1) is 12.3. The summed E-state index contributed by atoms with van der Waals surface area (Å²) in [5.41, 5.74) is 4.94. The number of rotatable bonds is 2. The standard InChI is InChI=1S/C20H18N4O/c25-20(19-14-7-2-4-10-16(14)23-24-19)22-17-11-5-8-13-12-6-1-3-9-15(12)21-18(13)17/h1-4,6-7,9-10,17,21H,5,8,11H2,(H,22,25)(H,23,24)/t17-/m1/s1. The lowest BCUT2D eigenvalue weighted by Crippen LogP contribution is -2.31. The number of amides is 1. The number of aryl methyl sites for hydroxylation is 1. The van der Waals surface area contributed by atoms with Gasteiger partial charge in [0.15, 0.2) is 5.69 Å². The maximum Gasteiger partial charge on any atom is 0.272 e. The Kier molecular flexibility index (Phi) is 3.13. The van der Waals surface area contributed by atoms with E-state index in [1.807, 2.05) is 30.3 Å². The molecule has 0 fully saturated rings. The minimum Gasteiger partial charge on any atom is -0.356 e. The van der Waals surface area contributed by atoms with Gasteiger partial charge in [-0.15, -0.1) is 0 Å². The van der Waals surface area contributed by atoms with Gasteiger partial charge in [-0.25, -0.2) is 0 Å². The third-order valence-electron chi connectivity index (χ3n) is 5.11. The third-order valence-corrected chi connectivity index (χ3v) is 5.11. The summed E-state index contributed by atoms with van der Waals surface area (Å²) in [7, 11) is 0. The van der Waals surface area contributed by atoms with Crippen molar-refractivity contribution in [3.8, 4) is 0 Å². The molecule has 2 heterocycles. The predicted molar refractivity (Wildman–Crippen MR) is 97.5 cm³/mol. The summed E-state index contributed by atoms with van der Waals surface area (Å²) in [5, 5.41) is 12.4. The van der Waals surface area contributed by atoms with Crippen LogP contribution in [0.15, 0.2) is 48.5 Å². The molecule has 0 saturated heterocycles. The molecule has 25 heavy (non-hydrogen) atoms. The molecule has 0 saturated carbocycles. The number of nitrogens with zero attached hydrogens (tertiary/aromatic N) is 1. The second-order valence-corrected chi connectivity index (χ2v) is 6.60. The van der Waals surface area contributed by atoms with Crippen molar-refractivity contribution >= 4 is 27.7 Å². The number of aromatic amines is 2. The molecule has 0 bridgehead atoms. The summed E-state index contributed by atoms with van der Waals surface area (Å²) in [6.45, 7) is 0. The second-order valence-electron chi connectivity index (χ2n) is 6.60. The Balaban J connectivity index is 1.50. The van der Waals surface area contributed by atoms with E-state index in [9.17, 15) is 4.79 Å². The number of aromatic nitrogens is 3. The zero-order valence-electron chi connectivity index (χ0n) is 13.7. The van der Waals surface area contributed by atoms with Crippen LogP contribution in [-0.2, 0) is 6.42 Å². The van der Waals surface area contributed by atoms with E-state index in [0.717, 1.165) is 41.4 Å². The Labute approximate surface area is 144 Å². The summed E-state index contributed by atoms with van der Waals surface area (Å²) in [4.78, 5) is 16.3. The number of hydrogen-bond donors (Lipinski definition) is 3. The zero-order valence-corrected chi connectivity index (χ0v) is 13.7. The molecule has 5 nitrogen and oxygen atoms in total. The fraction of sp³-hybridized carbons (Fsp3) is 0.200. The average Bonchev–Trinajstić information content (AvgIpc) is 3.24. The lowest BCUT2D eigenvalue weighted by atomic mass is 9.91. The van der Waals surface area contributed by atoms with Gasteiger partial charge in [-0.2, -0.15) is 5.10 Å². The van der Waals surface area contributed by atoms with Crippen molar-refractivity contribution in [2.45, 2.75) is 25.3 Å². The summed E-state index contributed by atoms with van der Waals surface area (Å²) >= 11 is 0. The van der Waals surface area contributed by atoms with E-state index in [0.29, 0.717) is 5.69 Å². The average molecular weight is 330 g/mol. The lowest BCUT2D eigenvalue weighted by molar-refractivity contribution is 0.0928. The summed E-state index contributed by atoms with van der Waals surface area (Å²) in [6.07, 6.45) is 3.06. The second kappa shape index (κ2) is 5.48. The Morgan fingerprint density at radius 3 is 2.68 bits per heavy atom. The number of carbonyl (C=O) groups is 1. The Morgan fingerprint density at radius 2 is 1.80 bits per heavy atom. The van der Waals surface area contributed by atoms with Crippen LogP contribution >= 0.6 is 0 Å². The van der Waals surface area contributed by atoms with E-state index in [4.69, 9.17) is 0 Å².